The van der Waals surface area contributed by atoms with Gasteiger partial charge in [0.15, 0.2) is 0 Å². The summed E-state index contributed by atoms with van der Waals surface area (Å²) in [7, 11) is 0. The van der Waals surface area contributed by atoms with Crippen LogP contribution in [0.1, 0.15) is 10.5 Å². The summed E-state index contributed by atoms with van der Waals surface area (Å²) >= 11 is 27.0. The van der Waals surface area contributed by atoms with Crippen LogP contribution < -0.4 is 4.90 Å². The summed E-state index contributed by atoms with van der Waals surface area (Å²) in [6.07, 6.45) is 1.60. The van der Waals surface area contributed by atoms with E-state index in [9.17, 15) is 4.79 Å². The van der Waals surface area contributed by atoms with E-state index in [1.807, 2.05) is 4.90 Å². The second-order valence-corrected chi connectivity index (χ2v) is 7.52. The molecule has 0 bridgehead atoms. The van der Waals surface area contributed by atoms with Gasteiger partial charge in [-0.1, -0.05) is 34.8 Å². The Hall–Kier alpha value is -0.860. The molecule has 1 saturated heterocycles. The number of piperazine rings is 1. The number of carbonyl (C=O) groups excluding carboxylic acids is 1. The second-order valence-electron chi connectivity index (χ2n) is 5.18. The van der Waals surface area contributed by atoms with Crippen LogP contribution in [0, 0.1) is 0 Å². The van der Waals surface area contributed by atoms with Gasteiger partial charge in [0, 0.05) is 32.4 Å². The van der Waals surface area contributed by atoms with Crippen molar-refractivity contribution < 1.29 is 4.79 Å². The zero-order valence-corrected chi connectivity index (χ0v) is 17.1. The zero-order valence-electron chi connectivity index (χ0n) is 12.5. The molecule has 1 aliphatic heterocycles. The Morgan fingerprint density at radius 2 is 1.76 bits per heavy atom. The lowest BCUT2D eigenvalue weighted by Crippen LogP contribution is -2.49. The lowest BCUT2D eigenvalue weighted by molar-refractivity contribution is 0.0740. The molecule has 3 rings (SSSR count). The minimum Gasteiger partial charge on any atom is -0.352 e. The summed E-state index contributed by atoms with van der Waals surface area (Å²) in [5.74, 6) is 0.447. The third-order valence-corrected chi connectivity index (χ3v) is 5.54. The van der Waals surface area contributed by atoms with E-state index < -0.39 is 0 Å². The summed E-state index contributed by atoms with van der Waals surface area (Å²) in [6, 6.07) is 1.42. The third-order valence-electron chi connectivity index (χ3n) is 3.65. The minimum atomic E-state index is -0.250. The minimum absolute atomic E-state index is 0.00992. The molecule has 0 atom stereocenters. The molecule has 1 aliphatic rings. The molecule has 2 aromatic rings. The number of anilines is 1. The van der Waals surface area contributed by atoms with Gasteiger partial charge in [-0.2, -0.15) is 4.98 Å². The lowest BCUT2D eigenvalue weighted by atomic mass is 10.2. The number of hydrogen-bond acceptors (Lipinski definition) is 5. The van der Waals surface area contributed by atoms with Gasteiger partial charge in [0.1, 0.15) is 16.7 Å². The first-order valence-corrected chi connectivity index (χ1v) is 9.41. The molecule has 132 valence electrons. The molecule has 0 saturated carbocycles. The highest BCUT2D eigenvalue weighted by molar-refractivity contribution is 9.10. The van der Waals surface area contributed by atoms with Gasteiger partial charge < -0.3 is 9.80 Å². The Morgan fingerprint density at radius 3 is 2.40 bits per heavy atom. The van der Waals surface area contributed by atoms with Crippen molar-refractivity contribution in [3.8, 4) is 0 Å². The Kier molecular flexibility index (Phi) is 5.90. The van der Waals surface area contributed by atoms with Crippen molar-refractivity contribution >= 4 is 74.1 Å². The predicted octanol–water partition coefficient (Wildman–Crippen LogP) is 4.21. The first-order valence-electron chi connectivity index (χ1n) is 7.10. The predicted molar refractivity (Wildman–Crippen MR) is 102 cm³/mol. The highest BCUT2D eigenvalue weighted by atomic mass is 79.9. The van der Waals surface area contributed by atoms with Gasteiger partial charge in [0.2, 0.25) is 5.28 Å². The first kappa shape index (κ1) is 18.9. The van der Waals surface area contributed by atoms with Crippen LogP contribution in [0.5, 0.6) is 0 Å². The van der Waals surface area contributed by atoms with Gasteiger partial charge in [-0.15, -0.1) is 0 Å². The number of hydrogen-bond donors (Lipinski definition) is 0. The molecule has 1 amide bonds. The van der Waals surface area contributed by atoms with E-state index >= 15 is 0 Å². The third kappa shape index (κ3) is 4.11. The fourth-order valence-electron chi connectivity index (χ4n) is 2.42. The van der Waals surface area contributed by atoms with Crippen LogP contribution in [-0.2, 0) is 0 Å². The van der Waals surface area contributed by atoms with Crippen LogP contribution in [0.15, 0.2) is 16.7 Å². The molecule has 25 heavy (non-hydrogen) atoms. The van der Waals surface area contributed by atoms with E-state index in [1.165, 1.54) is 6.07 Å². The van der Waals surface area contributed by atoms with E-state index in [2.05, 4.69) is 30.9 Å². The normalized spacial score (nSPS) is 14.8. The lowest BCUT2D eigenvalue weighted by Gasteiger charge is -2.35. The highest BCUT2D eigenvalue weighted by Crippen LogP contribution is 2.29. The Bertz CT molecular complexity index is 806. The summed E-state index contributed by atoms with van der Waals surface area (Å²) in [4.78, 5) is 28.5. The Morgan fingerprint density at radius 1 is 1.08 bits per heavy atom. The fraction of sp³-hybridized carbons (Fsp3) is 0.286. The molecule has 11 heteroatoms. The maximum Gasteiger partial charge on any atom is 0.272 e. The molecule has 0 spiro atoms. The number of pyridine rings is 1. The van der Waals surface area contributed by atoms with Crippen molar-refractivity contribution in [3.63, 3.8) is 0 Å². The van der Waals surface area contributed by atoms with Crippen molar-refractivity contribution in [2.45, 2.75) is 0 Å². The van der Waals surface area contributed by atoms with Crippen LogP contribution >= 0.6 is 62.3 Å². The topological polar surface area (TPSA) is 62.2 Å². The number of rotatable bonds is 2. The van der Waals surface area contributed by atoms with Gasteiger partial charge in [-0.25, -0.2) is 9.97 Å². The highest BCUT2D eigenvalue weighted by Gasteiger charge is 2.26. The van der Waals surface area contributed by atoms with E-state index in [1.54, 1.807) is 11.1 Å². The van der Waals surface area contributed by atoms with Crippen molar-refractivity contribution in [1.29, 1.82) is 0 Å². The largest absolute Gasteiger partial charge is 0.352 e. The van der Waals surface area contributed by atoms with E-state index in [0.29, 0.717) is 32.0 Å². The molecule has 1 fully saturated rings. The van der Waals surface area contributed by atoms with Gasteiger partial charge in [0.25, 0.3) is 5.91 Å². The average Bonchev–Trinajstić information content (AvgIpc) is 2.61. The average molecular weight is 486 g/mol. The molecule has 0 N–H and O–H groups in total. The maximum atomic E-state index is 12.6. The molecule has 6 nitrogen and oxygen atoms in total. The van der Waals surface area contributed by atoms with Crippen LogP contribution in [0.4, 0.5) is 5.82 Å². The molecule has 0 radical (unpaired) electrons. The quantitative estimate of drug-likeness (QED) is 0.471. The van der Waals surface area contributed by atoms with Crippen molar-refractivity contribution in [1.82, 2.24) is 19.9 Å². The number of nitrogens with zero attached hydrogens (tertiary/aromatic N) is 5. The molecule has 0 aromatic carbocycles. The van der Waals surface area contributed by atoms with Crippen LogP contribution in [0.2, 0.25) is 20.5 Å². The summed E-state index contributed by atoms with van der Waals surface area (Å²) < 4.78 is 0.745. The van der Waals surface area contributed by atoms with Gasteiger partial charge in [-0.3, -0.25) is 4.79 Å². The van der Waals surface area contributed by atoms with Crippen molar-refractivity contribution in [3.05, 3.63) is 42.9 Å². The zero-order chi connectivity index (χ0) is 18.1. The summed E-state index contributed by atoms with van der Waals surface area (Å²) in [5, 5.41) is 0.514. The maximum absolute atomic E-state index is 12.6. The smallest absolute Gasteiger partial charge is 0.272 e. The monoisotopic (exact) mass is 483 g/mol. The van der Waals surface area contributed by atoms with E-state index in [-0.39, 0.29) is 32.1 Å². The van der Waals surface area contributed by atoms with E-state index in [0.717, 1.165) is 4.47 Å². The number of aromatic nitrogens is 3. The number of halogens is 5. The summed E-state index contributed by atoms with van der Waals surface area (Å²) in [5.41, 5.74) is 0.166. The molecular weight excluding hydrogens is 476 g/mol. The van der Waals surface area contributed by atoms with Gasteiger partial charge in [-0.05, 0) is 33.6 Å². The van der Waals surface area contributed by atoms with Crippen molar-refractivity contribution in [2.75, 3.05) is 31.1 Å². The molecule has 0 aliphatic carbocycles. The number of amides is 1. The van der Waals surface area contributed by atoms with Crippen molar-refractivity contribution in [2.24, 2.45) is 0 Å². The van der Waals surface area contributed by atoms with E-state index in [4.69, 9.17) is 46.4 Å². The SMILES string of the molecule is O=C(c1cc(Cl)c(Cl)c(Cl)n1)N1CCN(c2nc(Cl)ncc2Br)CC1. The first-order chi connectivity index (χ1) is 11.9. The Balaban J connectivity index is 1.72. The van der Waals surface area contributed by atoms with Crippen LogP contribution in [-0.4, -0.2) is 51.9 Å². The second kappa shape index (κ2) is 7.80. The van der Waals surface area contributed by atoms with Gasteiger partial charge >= 0.3 is 0 Å². The fourth-order valence-corrected chi connectivity index (χ4v) is 3.52. The van der Waals surface area contributed by atoms with Crippen LogP contribution in [0.25, 0.3) is 0 Å². The molecular formula is C14H10BrCl4N5O. The van der Waals surface area contributed by atoms with Crippen LogP contribution in [0.3, 0.4) is 0 Å². The molecule has 0 unspecified atom stereocenters. The standard InChI is InChI=1S/C14H10BrCl4N5O/c15-7-6-20-14(19)22-12(7)23-1-3-24(4-2-23)13(25)9-5-8(16)10(17)11(18)21-9/h5-6H,1-4H2. The number of carbonyl (C=O) groups is 1. The molecule has 2 aromatic heterocycles. The van der Waals surface area contributed by atoms with Gasteiger partial charge in [0.05, 0.1) is 14.5 Å². The Labute approximate surface area is 172 Å². The molecule has 3 heterocycles. The summed E-state index contributed by atoms with van der Waals surface area (Å²) in [6.45, 7) is 2.17.